The Balaban J connectivity index is 3.15. The van der Waals surface area contributed by atoms with E-state index in [9.17, 15) is 18.0 Å². The van der Waals surface area contributed by atoms with E-state index in [0.29, 0.717) is 0 Å². The molecule has 1 aromatic carbocycles. The van der Waals surface area contributed by atoms with Crippen molar-refractivity contribution in [3.63, 3.8) is 0 Å². The van der Waals surface area contributed by atoms with E-state index in [1.165, 1.54) is 0 Å². The Bertz CT molecular complexity index is 448. The van der Waals surface area contributed by atoms with Crippen molar-refractivity contribution in [3.05, 3.63) is 22.7 Å². The highest BCUT2D eigenvalue weighted by atomic mass is 35.5. The first-order valence-corrected chi connectivity index (χ1v) is 4.56. The van der Waals surface area contributed by atoms with Gasteiger partial charge in [-0.3, -0.25) is 0 Å². The van der Waals surface area contributed by atoms with E-state index < -0.39 is 23.8 Å². The second kappa shape index (κ2) is 4.70. The number of rotatable bonds is 2. The van der Waals surface area contributed by atoms with Crippen molar-refractivity contribution in [2.75, 3.05) is 12.8 Å². The molecule has 1 rings (SSSR count). The number of esters is 1. The van der Waals surface area contributed by atoms with Crippen molar-refractivity contribution in [2.45, 2.75) is 6.36 Å². The van der Waals surface area contributed by atoms with E-state index in [1.54, 1.807) is 0 Å². The molecule has 0 aliphatic rings. The highest BCUT2D eigenvalue weighted by Crippen LogP contribution is 2.35. The molecule has 0 spiro atoms. The minimum absolute atomic E-state index is 0.138. The van der Waals surface area contributed by atoms with Gasteiger partial charge in [0.15, 0.2) is 5.75 Å². The summed E-state index contributed by atoms with van der Waals surface area (Å²) in [5.74, 6) is -1.48. The standard InChI is InChI=1S/C9H7ClF3NO3/c1-16-8(15)4-2-3-5(7(14)6(4)10)17-9(11,12)13/h2-3H,14H2,1H3. The number of hydrogen-bond acceptors (Lipinski definition) is 4. The fraction of sp³-hybridized carbons (Fsp3) is 0.222. The molecule has 0 heterocycles. The van der Waals surface area contributed by atoms with Crippen LogP contribution in [0.5, 0.6) is 5.75 Å². The maximum absolute atomic E-state index is 12.0. The molecule has 17 heavy (non-hydrogen) atoms. The molecule has 0 unspecified atom stereocenters. The molecule has 0 radical (unpaired) electrons. The lowest BCUT2D eigenvalue weighted by Gasteiger charge is -2.13. The third-order valence-corrected chi connectivity index (χ3v) is 2.18. The molecule has 1 aromatic rings. The zero-order valence-electron chi connectivity index (χ0n) is 8.47. The first kappa shape index (κ1) is 13.4. The average Bonchev–Trinajstić information content (AvgIpc) is 2.22. The number of carbonyl (C=O) groups excluding carboxylic acids is 1. The van der Waals surface area contributed by atoms with E-state index in [0.717, 1.165) is 19.2 Å². The van der Waals surface area contributed by atoms with Gasteiger partial charge in [0.05, 0.1) is 23.4 Å². The summed E-state index contributed by atoms with van der Waals surface area (Å²) in [6.45, 7) is 0. The summed E-state index contributed by atoms with van der Waals surface area (Å²) in [7, 11) is 1.11. The Morgan fingerprint density at radius 1 is 1.41 bits per heavy atom. The van der Waals surface area contributed by atoms with Crippen molar-refractivity contribution in [3.8, 4) is 5.75 Å². The molecule has 0 aliphatic carbocycles. The molecule has 0 fully saturated rings. The molecule has 0 bridgehead atoms. The molecule has 0 saturated heterocycles. The van der Waals surface area contributed by atoms with Crippen LogP contribution in [0, 0.1) is 0 Å². The normalized spacial score (nSPS) is 11.1. The zero-order chi connectivity index (χ0) is 13.2. The average molecular weight is 270 g/mol. The molecule has 4 nitrogen and oxygen atoms in total. The van der Waals surface area contributed by atoms with E-state index in [2.05, 4.69) is 9.47 Å². The predicted molar refractivity (Wildman–Crippen MR) is 53.9 cm³/mol. The van der Waals surface area contributed by atoms with Gasteiger partial charge >= 0.3 is 12.3 Å². The monoisotopic (exact) mass is 269 g/mol. The molecule has 0 aliphatic heterocycles. The van der Waals surface area contributed by atoms with Crippen molar-refractivity contribution in [1.29, 1.82) is 0 Å². The number of carbonyl (C=O) groups is 1. The van der Waals surface area contributed by atoms with Gasteiger partial charge in [0, 0.05) is 0 Å². The van der Waals surface area contributed by atoms with Crippen LogP contribution in [0.2, 0.25) is 5.02 Å². The van der Waals surface area contributed by atoms with E-state index in [-0.39, 0.29) is 10.6 Å². The summed E-state index contributed by atoms with van der Waals surface area (Å²) in [5, 5.41) is -0.349. The van der Waals surface area contributed by atoms with Crippen LogP contribution in [0.4, 0.5) is 18.9 Å². The predicted octanol–water partition coefficient (Wildman–Crippen LogP) is 2.61. The van der Waals surface area contributed by atoms with Crippen LogP contribution in [0.25, 0.3) is 0 Å². The number of ether oxygens (including phenoxy) is 2. The van der Waals surface area contributed by atoms with Crippen LogP contribution < -0.4 is 10.5 Å². The summed E-state index contributed by atoms with van der Waals surface area (Å²) in [6.07, 6.45) is -4.88. The minimum atomic E-state index is -4.88. The van der Waals surface area contributed by atoms with Crippen molar-refractivity contribution < 1.29 is 27.4 Å². The second-order valence-electron chi connectivity index (χ2n) is 2.88. The van der Waals surface area contributed by atoms with Crippen LogP contribution in [0.3, 0.4) is 0 Å². The molecule has 0 aromatic heterocycles. The minimum Gasteiger partial charge on any atom is -0.465 e. The maximum atomic E-state index is 12.0. The van der Waals surface area contributed by atoms with Gasteiger partial charge in [-0.2, -0.15) is 0 Å². The Morgan fingerprint density at radius 3 is 2.47 bits per heavy atom. The summed E-state index contributed by atoms with van der Waals surface area (Å²) in [4.78, 5) is 11.2. The van der Waals surface area contributed by atoms with Crippen LogP contribution in [-0.2, 0) is 4.74 Å². The lowest BCUT2D eigenvalue weighted by molar-refractivity contribution is -0.274. The van der Waals surface area contributed by atoms with Gasteiger partial charge in [0.25, 0.3) is 0 Å². The third kappa shape index (κ3) is 3.16. The van der Waals surface area contributed by atoms with Crippen LogP contribution in [0.15, 0.2) is 12.1 Å². The van der Waals surface area contributed by atoms with Gasteiger partial charge in [-0.25, -0.2) is 4.79 Å². The van der Waals surface area contributed by atoms with Gasteiger partial charge in [0.2, 0.25) is 0 Å². The molecular formula is C9H7ClF3NO3. The Morgan fingerprint density at radius 2 is 2.00 bits per heavy atom. The molecule has 2 N–H and O–H groups in total. The van der Waals surface area contributed by atoms with Gasteiger partial charge in [-0.15, -0.1) is 13.2 Å². The number of nitrogen functional groups attached to an aromatic ring is 1. The molecule has 8 heteroatoms. The number of benzene rings is 1. The third-order valence-electron chi connectivity index (χ3n) is 1.77. The Kier molecular flexibility index (Phi) is 3.72. The van der Waals surface area contributed by atoms with Gasteiger partial charge in [-0.05, 0) is 12.1 Å². The van der Waals surface area contributed by atoms with Crippen molar-refractivity contribution in [2.24, 2.45) is 0 Å². The molecule has 94 valence electrons. The van der Waals surface area contributed by atoms with Crippen molar-refractivity contribution in [1.82, 2.24) is 0 Å². The summed E-state index contributed by atoms with van der Waals surface area (Å²) >= 11 is 5.63. The number of alkyl halides is 3. The smallest absolute Gasteiger partial charge is 0.465 e. The van der Waals surface area contributed by atoms with E-state index >= 15 is 0 Å². The van der Waals surface area contributed by atoms with Crippen LogP contribution in [-0.4, -0.2) is 19.4 Å². The van der Waals surface area contributed by atoms with Gasteiger partial charge in [-0.1, -0.05) is 11.6 Å². The number of anilines is 1. The topological polar surface area (TPSA) is 61.5 Å². The Hall–Kier alpha value is -1.63. The number of hydrogen-bond donors (Lipinski definition) is 1. The SMILES string of the molecule is COC(=O)c1ccc(OC(F)(F)F)c(N)c1Cl. The zero-order valence-corrected chi connectivity index (χ0v) is 9.22. The maximum Gasteiger partial charge on any atom is 0.573 e. The molecule has 0 saturated carbocycles. The van der Waals surface area contributed by atoms with Crippen LogP contribution >= 0.6 is 11.6 Å². The molecule has 0 atom stereocenters. The lowest BCUT2D eigenvalue weighted by Crippen LogP contribution is -2.18. The summed E-state index contributed by atoms with van der Waals surface area (Å²) in [6, 6.07) is 1.92. The number of halogens is 4. The van der Waals surface area contributed by atoms with E-state index in [4.69, 9.17) is 17.3 Å². The largest absolute Gasteiger partial charge is 0.573 e. The highest BCUT2D eigenvalue weighted by molar-refractivity contribution is 6.36. The highest BCUT2D eigenvalue weighted by Gasteiger charge is 2.32. The first-order valence-electron chi connectivity index (χ1n) is 4.18. The second-order valence-corrected chi connectivity index (χ2v) is 3.26. The summed E-state index contributed by atoms with van der Waals surface area (Å²) in [5.41, 5.74) is 4.70. The van der Waals surface area contributed by atoms with Crippen LogP contribution in [0.1, 0.15) is 10.4 Å². The number of methoxy groups -OCH3 is 1. The van der Waals surface area contributed by atoms with Gasteiger partial charge in [0.1, 0.15) is 0 Å². The molecular weight excluding hydrogens is 263 g/mol. The summed E-state index contributed by atoms with van der Waals surface area (Å²) < 4.78 is 43.9. The van der Waals surface area contributed by atoms with E-state index in [1.807, 2.05) is 0 Å². The molecule has 0 amide bonds. The van der Waals surface area contributed by atoms with Gasteiger partial charge < -0.3 is 15.2 Å². The Labute approximate surface area is 99.1 Å². The lowest BCUT2D eigenvalue weighted by atomic mass is 10.2. The van der Waals surface area contributed by atoms with Crippen molar-refractivity contribution >= 4 is 23.3 Å². The number of nitrogens with two attached hydrogens (primary N) is 1. The first-order chi connectivity index (χ1) is 7.76. The quantitative estimate of drug-likeness (QED) is 0.662. The fourth-order valence-electron chi connectivity index (χ4n) is 1.06. The fourth-order valence-corrected chi connectivity index (χ4v) is 1.29.